The third-order valence-electron chi connectivity index (χ3n) is 4.84. The number of ether oxygens (including phenoxy) is 2. The van der Waals surface area contributed by atoms with E-state index in [2.05, 4.69) is 29.6 Å². The molecular formula is C20H21NO3. The smallest absolute Gasteiger partial charge is 0.231 e. The number of aryl methyl sites for hydroxylation is 1. The molecule has 2 aliphatic rings. The number of fused-ring (bicyclic) bond motifs is 1. The summed E-state index contributed by atoms with van der Waals surface area (Å²) in [6.45, 7) is 0.232. The molecule has 0 spiro atoms. The fourth-order valence-corrected chi connectivity index (χ4v) is 3.49. The number of carbonyl (C=O) groups is 1. The average Bonchev–Trinajstić information content (AvgIpc) is 3.29. The van der Waals surface area contributed by atoms with Crippen LogP contribution >= 0.6 is 0 Å². The van der Waals surface area contributed by atoms with Crippen molar-refractivity contribution in [1.82, 2.24) is 5.32 Å². The van der Waals surface area contributed by atoms with Crippen LogP contribution in [0.1, 0.15) is 35.2 Å². The standard InChI is InChI=1S/C20H21NO3/c22-20(15-7-11-18-19(12-15)24-13-23-18)17-10-9-16(21-17)8-6-14-4-2-1-3-5-14/h1-5,7,11-12,16-17,21H,6,8-10,13H2/t16-,17-/m1/s1. The van der Waals surface area contributed by atoms with E-state index in [9.17, 15) is 4.79 Å². The third kappa shape index (κ3) is 3.15. The summed E-state index contributed by atoms with van der Waals surface area (Å²) in [7, 11) is 0. The second kappa shape index (κ2) is 6.65. The van der Waals surface area contributed by atoms with Crippen LogP contribution in [-0.2, 0) is 6.42 Å². The number of Topliss-reactive ketones (excluding diaryl/α,β-unsaturated/α-hetero) is 1. The van der Waals surface area contributed by atoms with Crippen molar-refractivity contribution in [2.45, 2.75) is 37.8 Å². The lowest BCUT2D eigenvalue weighted by Crippen LogP contribution is -2.35. The molecule has 2 heterocycles. The van der Waals surface area contributed by atoms with E-state index >= 15 is 0 Å². The first-order valence-electron chi connectivity index (χ1n) is 8.53. The van der Waals surface area contributed by atoms with Gasteiger partial charge in [0.25, 0.3) is 0 Å². The van der Waals surface area contributed by atoms with E-state index in [0.29, 0.717) is 23.1 Å². The van der Waals surface area contributed by atoms with Crippen LogP contribution in [0, 0.1) is 0 Å². The minimum atomic E-state index is -0.0915. The first-order valence-corrected chi connectivity index (χ1v) is 8.53. The van der Waals surface area contributed by atoms with Gasteiger partial charge in [0, 0.05) is 11.6 Å². The summed E-state index contributed by atoms with van der Waals surface area (Å²) in [6, 6.07) is 16.3. The summed E-state index contributed by atoms with van der Waals surface area (Å²) in [4.78, 5) is 12.7. The number of hydrogen-bond donors (Lipinski definition) is 1. The Balaban J connectivity index is 1.35. The molecule has 2 atom stereocenters. The quantitative estimate of drug-likeness (QED) is 0.857. The molecular weight excluding hydrogens is 302 g/mol. The van der Waals surface area contributed by atoms with Crippen LogP contribution in [-0.4, -0.2) is 24.7 Å². The van der Waals surface area contributed by atoms with Crippen molar-refractivity contribution in [2.24, 2.45) is 0 Å². The highest BCUT2D eigenvalue weighted by Crippen LogP contribution is 2.33. The topological polar surface area (TPSA) is 47.6 Å². The summed E-state index contributed by atoms with van der Waals surface area (Å²) in [5.41, 5.74) is 2.05. The predicted octanol–water partition coefficient (Wildman–Crippen LogP) is 3.35. The minimum absolute atomic E-state index is 0.0915. The summed E-state index contributed by atoms with van der Waals surface area (Å²) in [5, 5.41) is 3.51. The largest absolute Gasteiger partial charge is 0.454 e. The van der Waals surface area contributed by atoms with Gasteiger partial charge in [-0.2, -0.15) is 0 Å². The van der Waals surface area contributed by atoms with Crippen LogP contribution < -0.4 is 14.8 Å². The van der Waals surface area contributed by atoms with E-state index in [1.165, 1.54) is 5.56 Å². The molecule has 4 heteroatoms. The number of ketones is 1. The molecule has 2 aromatic carbocycles. The Kier molecular flexibility index (Phi) is 4.22. The van der Waals surface area contributed by atoms with Crippen LogP contribution in [0.2, 0.25) is 0 Å². The summed E-state index contributed by atoms with van der Waals surface area (Å²) in [6.07, 6.45) is 4.05. The average molecular weight is 323 g/mol. The highest BCUT2D eigenvalue weighted by molar-refractivity contribution is 6.00. The Bertz CT molecular complexity index is 729. The van der Waals surface area contributed by atoms with Crippen molar-refractivity contribution < 1.29 is 14.3 Å². The molecule has 24 heavy (non-hydrogen) atoms. The Hall–Kier alpha value is -2.33. The highest BCUT2D eigenvalue weighted by Gasteiger charge is 2.30. The van der Waals surface area contributed by atoms with Crippen molar-refractivity contribution in [3.63, 3.8) is 0 Å². The van der Waals surface area contributed by atoms with Crippen LogP contribution in [0.15, 0.2) is 48.5 Å². The van der Waals surface area contributed by atoms with Gasteiger partial charge in [-0.3, -0.25) is 4.79 Å². The Labute approximate surface area is 141 Å². The van der Waals surface area contributed by atoms with Gasteiger partial charge in [-0.05, 0) is 49.4 Å². The zero-order chi connectivity index (χ0) is 16.4. The van der Waals surface area contributed by atoms with E-state index < -0.39 is 0 Å². The summed E-state index contributed by atoms with van der Waals surface area (Å²) in [5.74, 6) is 1.53. The molecule has 0 amide bonds. The zero-order valence-electron chi connectivity index (χ0n) is 13.5. The molecule has 1 N–H and O–H groups in total. The number of benzene rings is 2. The van der Waals surface area contributed by atoms with Crippen LogP contribution in [0.25, 0.3) is 0 Å². The van der Waals surface area contributed by atoms with E-state index in [1.807, 2.05) is 18.2 Å². The molecule has 2 aliphatic heterocycles. The predicted molar refractivity (Wildman–Crippen MR) is 91.6 cm³/mol. The number of nitrogens with one attached hydrogen (secondary N) is 1. The van der Waals surface area contributed by atoms with Crippen molar-refractivity contribution in [2.75, 3.05) is 6.79 Å². The maximum atomic E-state index is 12.7. The van der Waals surface area contributed by atoms with Gasteiger partial charge in [0.2, 0.25) is 6.79 Å². The van der Waals surface area contributed by atoms with Gasteiger partial charge in [0.05, 0.1) is 6.04 Å². The van der Waals surface area contributed by atoms with E-state index in [4.69, 9.17) is 9.47 Å². The first-order chi connectivity index (χ1) is 11.8. The molecule has 1 saturated heterocycles. The second-order valence-electron chi connectivity index (χ2n) is 6.45. The molecule has 0 radical (unpaired) electrons. The molecule has 4 nitrogen and oxygen atoms in total. The fraction of sp³-hybridized carbons (Fsp3) is 0.350. The Morgan fingerprint density at radius 1 is 1.04 bits per heavy atom. The molecule has 0 saturated carbocycles. The highest BCUT2D eigenvalue weighted by atomic mass is 16.7. The molecule has 0 bridgehead atoms. The molecule has 2 aromatic rings. The molecule has 124 valence electrons. The normalized spacial score (nSPS) is 21.8. The number of carbonyl (C=O) groups excluding carboxylic acids is 1. The van der Waals surface area contributed by atoms with Gasteiger partial charge in [0.15, 0.2) is 17.3 Å². The van der Waals surface area contributed by atoms with Crippen LogP contribution in [0.4, 0.5) is 0 Å². The van der Waals surface area contributed by atoms with Gasteiger partial charge >= 0.3 is 0 Å². The maximum Gasteiger partial charge on any atom is 0.231 e. The van der Waals surface area contributed by atoms with Gasteiger partial charge in [-0.25, -0.2) is 0 Å². The maximum absolute atomic E-state index is 12.7. The number of rotatable bonds is 5. The van der Waals surface area contributed by atoms with Gasteiger partial charge in [-0.1, -0.05) is 30.3 Å². The molecule has 0 aromatic heterocycles. The van der Waals surface area contributed by atoms with Crippen molar-refractivity contribution in [3.05, 3.63) is 59.7 Å². The molecule has 0 aliphatic carbocycles. The monoisotopic (exact) mass is 323 g/mol. The first kappa shape index (κ1) is 15.2. The molecule has 1 fully saturated rings. The van der Waals surface area contributed by atoms with E-state index in [-0.39, 0.29) is 18.6 Å². The lowest BCUT2D eigenvalue weighted by molar-refractivity contribution is 0.0949. The third-order valence-corrected chi connectivity index (χ3v) is 4.84. The van der Waals surface area contributed by atoms with Crippen molar-refractivity contribution in [1.29, 1.82) is 0 Å². The summed E-state index contributed by atoms with van der Waals surface area (Å²) < 4.78 is 10.7. The fourth-order valence-electron chi connectivity index (χ4n) is 3.49. The SMILES string of the molecule is O=C(c1ccc2c(c1)OCO2)[C@H]1CC[C@@H](CCc2ccccc2)N1. The van der Waals surface area contributed by atoms with Crippen LogP contribution in [0.5, 0.6) is 11.5 Å². The minimum Gasteiger partial charge on any atom is -0.454 e. The van der Waals surface area contributed by atoms with Crippen molar-refractivity contribution >= 4 is 5.78 Å². The van der Waals surface area contributed by atoms with Crippen molar-refractivity contribution in [3.8, 4) is 11.5 Å². The zero-order valence-corrected chi connectivity index (χ0v) is 13.5. The van der Waals surface area contributed by atoms with E-state index in [1.54, 1.807) is 6.07 Å². The number of hydrogen-bond acceptors (Lipinski definition) is 4. The van der Waals surface area contributed by atoms with Gasteiger partial charge in [-0.15, -0.1) is 0 Å². The summed E-state index contributed by atoms with van der Waals surface area (Å²) >= 11 is 0. The lowest BCUT2D eigenvalue weighted by Gasteiger charge is -2.14. The Morgan fingerprint density at radius 3 is 2.75 bits per heavy atom. The van der Waals surface area contributed by atoms with Gasteiger partial charge in [0.1, 0.15) is 0 Å². The van der Waals surface area contributed by atoms with Crippen LogP contribution in [0.3, 0.4) is 0 Å². The lowest BCUT2D eigenvalue weighted by atomic mass is 10.0. The molecule has 4 rings (SSSR count). The van der Waals surface area contributed by atoms with E-state index in [0.717, 1.165) is 25.7 Å². The second-order valence-corrected chi connectivity index (χ2v) is 6.45. The molecule has 0 unspecified atom stereocenters. The van der Waals surface area contributed by atoms with Gasteiger partial charge < -0.3 is 14.8 Å². The Morgan fingerprint density at radius 2 is 1.88 bits per heavy atom.